The van der Waals surface area contributed by atoms with Gasteiger partial charge in [0.1, 0.15) is 0 Å². The van der Waals surface area contributed by atoms with Gasteiger partial charge in [0.15, 0.2) is 0 Å². The highest BCUT2D eigenvalue weighted by atomic mass is 32.2. The van der Waals surface area contributed by atoms with E-state index in [0.717, 1.165) is 32.1 Å². The van der Waals surface area contributed by atoms with Gasteiger partial charge in [-0.15, -0.1) is 0 Å². The Kier molecular flexibility index (Phi) is 4.36. The van der Waals surface area contributed by atoms with Crippen molar-refractivity contribution in [2.24, 2.45) is 0 Å². The van der Waals surface area contributed by atoms with Gasteiger partial charge in [-0.05, 0) is 31.9 Å². The van der Waals surface area contributed by atoms with Gasteiger partial charge in [0.2, 0.25) is 11.8 Å². The zero-order valence-electron chi connectivity index (χ0n) is 12.1. The van der Waals surface area contributed by atoms with Crippen LogP contribution in [0, 0.1) is 0 Å². The average molecular weight is 296 g/mol. The lowest BCUT2D eigenvalue weighted by molar-refractivity contribution is -0.141. The van der Waals surface area contributed by atoms with Crippen LogP contribution in [0.3, 0.4) is 0 Å². The van der Waals surface area contributed by atoms with Crippen LogP contribution in [0.1, 0.15) is 51.4 Å². The smallest absolute Gasteiger partial charge is 0.247 e. The molecule has 112 valence electrons. The molecule has 5 heteroatoms. The average Bonchev–Trinajstić information content (AvgIpc) is 3.12. The number of carbonyl (C=O) groups is 2. The maximum absolute atomic E-state index is 12.5. The fourth-order valence-corrected chi connectivity index (χ4v) is 4.93. The van der Waals surface area contributed by atoms with Gasteiger partial charge in [-0.1, -0.05) is 19.3 Å². The molecule has 3 atom stereocenters. The number of carbonyl (C=O) groups excluding carboxylic acids is 2. The minimum atomic E-state index is -0.263. The highest BCUT2D eigenvalue weighted by molar-refractivity contribution is 7.99. The second-order valence-corrected chi connectivity index (χ2v) is 7.35. The topological polar surface area (TPSA) is 49.4 Å². The summed E-state index contributed by atoms with van der Waals surface area (Å²) in [4.78, 5) is 26.3. The molecule has 0 aromatic heterocycles. The van der Waals surface area contributed by atoms with Crippen molar-refractivity contribution in [3.63, 3.8) is 0 Å². The van der Waals surface area contributed by atoms with E-state index in [4.69, 9.17) is 0 Å². The number of amides is 2. The van der Waals surface area contributed by atoms with Crippen LogP contribution in [0.25, 0.3) is 0 Å². The summed E-state index contributed by atoms with van der Waals surface area (Å²) in [6.45, 7) is 0. The Bertz CT molecular complexity index is 395. The van der Waals surface area contributed by atoms with E-state index in [2.05, 4.69) is 11.6 Å². The Morgan fingerprint density at radius 2 is 1.85 bits per heavy atom. The lowest BCUT2D eigenvalue weighted by Crippen LogP contribution is -2.47. The molecule has 0 spiro atoms. The standard InChI is InChI=1S/C15H24N2O2S/c1-20-13-8-4-7-11(13)16-12-9-14(18)17(15(12)19)10-5-2-3-6-10/h10-13,16H,2-9H2,1H3. The lowest BCUT2D eigenvalue weighted by Gasteiger charge is -2.25. The van der Waals surface area contributed by atoms with E-state index in [1.54, 1.807) is 4.90 Å². The van der Waals surface area contributed by atoms with Crippen LogP contribution in [0.4, 0.5) is 0 Å². The second-order valence-electron chi connectivity index (χ2n) is 6.28. The number of likely N-dealkylation sites (tertiary alicyclic amines) is 1. The highest BCUT2D eigenvalue weighted by Gasteiger charge is 2.44. The predicted molar refractivity (Wildman–Crippen MR) is 80.6 cm³/mol. The molecule has 1 aliphatic heterocycles. The van der Waals surface area contributed by atoms with Crippen molar-refractivity contribution in [1.29, 1.82) is 0 Å². The quantitative estimate of drug-likeness (QED) is 0.805. The maximum Gasteiger partial charge on any atom is 0.247 e. The van der Waals surface area contributed by atoms with Gasteiger partial charge >= 0.3 is 0 Å². The van der Waals surface area contributed by atoms with Crippen LogP contribution in [-0.2, 0) is 9.59 Å². The molecule has 20 heavy (non-hydrogen) atoms. The van der Waals surface area contributed by atoms with Gasteiger partial charge in [-0.2, -0.15) is 11.8 Å². The molecule has 0 bridgehead atoms. The molecule has 1 N–H and O–H groups in total. The fourth-order valence-electron chi connectivity index (χ4n) is 3.98. The number of nitrogens with one attached hydrogen (secondary N) is 1. The number of nitrogens with zero attached hydrogens (tertiary/aromatic N) is 1. The Hall–Kier alpha value is -0.550. The third kappa shape index (κ3) is 2.62. The first-order valence-electron chi connectivity index (χ1n) is 7.85. The van der Waals surface area contributed by atoms with Crippen molar-refractivity contribution in [3.05, 3.63) is 0 Å². The molecule has 3 fully saturated rings. The first-order chi connectivity index (χ1) is 9.70. The van der Waals surface area contributed by atoms with E-state index < -0.39 is 0 Å². The number of thioether (sulfide) groups is 1. The number of hydrogen-bond donors (Lipinski definition) is 1. The SMILES string of the molecule is CSC1CCCC1NC1CC(=O)N(C2CCCC2)C1=O. The minimum Gasteiger partial charge on any atom is -0.302 e. The molecule has 1 heterocycles. The zero-order valence-corrected chi connectivity index (χ0v) is 13.0. The van der Waals surface area contributed by atoms with E-state index >= 15 is 0 Å². The van der Waals surface area contributed by atoms with Crippen molar-refractivity contribution >= 4 is 23.6 Å². The summed E-state index contributed by atoms with van der Waals surface area (Å²) in [6, 6.07) is 0.317. The molecule has 2 aliphatic carbocycles. The van der Waals surface area contributed by atoms with E-state index in [0.29, 0.717) is 17.7 Å². The van der Waals surface area contributed by atoms with Gasteiger partial charge in [0.25, 0.3) is 0 Å². The summed E-state index contributed by atoms with van der Waals surface area (Å²) in [6.07, 6.45) is 10.4. The molecule has 0 radical (unpaired) electrons. The van der Waals surface area contributed by atoms with Gasteiger partial charge in [0.05, 0.1) is 12.5 Å². The fraction of sp³-hybridized carbons (Fsp3) is 0.867. The molecule has 1 saturated heterocycles. The summed E-state index contributed by atoms with van der Waals surface area (Å²) in [5.41, 5.74) is 0. The molecule has 3 unspecified atom stereocenters. The summed E-state index contributed by atoms with van der Waals surface area (Å²) < 4.78 is 0. The van der Waals surface area contributed by atoms with Crippen molar-refractivity contribution in [1.82, 2.24) is 10.2 Å². The van der Waals surface area contributed by atoms with Gasteiger partial charge in [-0.3, -0.25) is 14.5 Å². The summed E-state index contributed by atoms with van der Waals surface area (Å²) in [5.74, 6) is 0.0757. The number of imide groups is 1. The Morgan fingerprint density at radius 1 is 1.10 bits per heavy atom. The first kappa shape index (κ1) is 14.4. The summed E-state index contributed by atoms with van der Waals surface area (Å²) in [5, 5.41) is 4.08. The molecule has 2 saturated carbocycles. The normalized spacial score (nSPS) is 35.5. The molecule has 0 aromatic rings. The van der Waals surface area contributed by atoms with Crippen LogP contribution < -0.4 is 5.32 Å². The van der Waals surface area contributed by atoms with E-state index in [1.165, 1.54) is 12.8 Å². The Morgan fingerprint density at radius 3 is 2.55 bits per heavy atom. The molecule has 2 amide bonds. The largest absolute Gasteiger partial charge is 0.302 e. The van der Waals surface area contributed by atoms with E-state index in [1.807, 2.05) is 11.8 Å². The molecule has 0 aromatic carbocycles. The third-order valence-corrected chi connectivity index (χ3v) is 6.21. The predicted octanol–water partition coefficient (Wildman–Crippen LogP) is 1.93. The van der Waals surface area contributed by atoms with Crippen molar-refractivity contribution in [3.8, 4) is 0 Å². The number of rotatable bonds is 4. The van der Waals surface area contributed by atoms with Crippen LogP contribution in [0.2, 0.25) is 0 Å². The van der Waals surface area contributed by atoms with Crippen molar-refractivity contribution < 1.29 is 9.59 Å². The molecular weight excluding hydrogens is 272 g/mol. The molecule has 3 rings (SSSR count). The highest BCUT2D eigenvalue weighted by Crippen LogP contribution is 2.31. The van der Waals surface area contributed by atoms with Crippen LogP contribution >= 0.6 is 11.8 Å². The minimum absolute atomic E-state index is 0.0358. The monoisotopic (exact) mass is 296 g/mol. The van der Waals surface area contributed by atoms with Gasteiger partial charge in [-0.25, -0.2) is 0 Å². The lowest BCUT2D eigenvalue weighted by atomic mass is 10.1. The van der Waals surface area contributed by atoms with Crippen LogP contribution in [0.5, 0.6) is 0 Å². The van der Waals surface area contributed by atoms with Crippen LogP contribution in [0.15, 0.2) is 0 Å². The molecule has 3 aliphatic rings. The molecular formula is C15H24N2O2S. The first-order valence-corrected chi connectivity index (χ1v) is 9.14. The Labute approximate surface area is 125 Å². The van der Waals surface area contributed by atoms with Crippen LogP contribution in [-0.4, -0.2) is 46.3 Å². The van der Waals surface area contributed by atoms with E-state index in [9.17, 15) is 9.59 Å². The second kappa shape index (κ2) is 6.06. The van der Waals surface area contributed by atoms with Crippen molar-refractivity contribution in [2.45, 2.75) is 74.7 Å². The zero-order chi connectivity index (χ0) is 14.1. The Balaban J connectivity index is 1.63. The molecule has 4 nitrogen and oxygen atoms in total. The van der Waals surface area contributed by atoms with E-state index in [-0.39, 0.29) is 23.9 Å². The number of hydrogen-bond acceptors (Lipinski definition) is 4. The third-order valence-electron chi connectivity index (χ3n) is 5.04. The summed E-state index contributed by atoms with van der Waals surface area (Å²) >= 11 is 1.88. The summed E-state index contributed by atoms with van der Waals surface area (Å²) in [7, 11) is 0. The van der Waals surface area contributed by atoms with Crippen molar-refractivity contribution in [2.75, 3.05) is 6.26 Å². The van der Waals surface area contributed by atoms with Gasteiger partial charge < -0.3 is 5.32 Å². The maximum atomic E-state index is 12.5. The van der Waals surface area contributed by atoms with Gasteiger partial charge in [0, 0.05) is 17.3 Å².